The van der Waals surface area contributed by atoms with Crippen LogP contribution in [0.5, 0.6) is 0 Å². The maximum atomic E-state index is 12.6. The van der Waals surface area contributed by atoms with Crippen molar-refractivity contribution in [3.63, 3.8) is 0 Å². The highest BCUT2D eigenvalue weighted by molar-refractivity contribution is 6.41. The number of rotatable bonds is 2. The highest BCUT2D eigenvalue weighted by Gasteiger charge is 2.54. The molecule has 1 heterocycles. The highest BCUT2D eigenvalue weighted by Crippen LogP contribution is 2.37. The third-order valence-corrected chi connectivity index (χ3v) is 3.86. The lowest BCUT2D eigenvalue weighted by Gasteiger charge is -2.31. The number of hydrogen-bond acceptors (Lipinski definition) is 4. The molecule has 1 aromatic carbocycles. The monoisotopic (exact) mass is 316 g/mol. The largest absolute Gasteiger partial charge is 0.716 e. The van der Waals surface area contributed by atoms with Crippen LogP contribution in [0, 0.1) is 0 Å². The average molecular weight is 316 g/mol. The van der Waals surface area contributed by atoms with Crippen molar-refractivity contribution in [1.29, 1.82) is 0 Å². The van der Waals surface area contributed by atoms with Gasteiger partial charge in [0, 0.05) is 0 Å². The fraction of sp³-hybridized carbons (Fsp3) is 0.500. The first-order chi connectivity index (χ1) is 9.92. The molecule has 0 N–H and O–H groups in total. The zero-order valence-corrected chi connectivity index (χ0v) is 12.7. The van der Waals surface area contributed by atoms with Crippen molar-refractivity contribution in [2.75, 3.05) is 0 Å². The van der Waals surface area contributed by atoms with Crippen molar-refractivity contribution in [3.05, 3.63) is 35.4 Å². The Balaban J connectivity index is 2.11. The van der Waals surface area contributed by atoms with E-state index in [4.69, 9.17) is 14.0 Å². The molecule has 0 aliphatic carbocycles. The summed E-state index contributed by atoms with van der Waals surface area (Å²) in [5, 5.41) is 0. The summed E-state index contributed by atoms with van der Waals surface area (Å²) in [4.78, 5) is 12.0. The van der Waals surface area contributed by atoms with Crippen LogP contribution in [0.1, 0.15) is 43.6 Å². The van der Waals surface area contributed by atoms with E-state index < -0.39 is 36.2 Å². The molecule has 0 unspecified atom stereocenters. The average Bonchev–Trinajstić information content (AvgIpc) is 2.56. The molecule has 0 aromatic heterocycles. The van der Waals surface area contributed by atoms with Gasteiger partial charge in [0.25, 0.3) is 0 Å². The van der Waals surface area contributed by atoms with Gasteiger partial charge >= 0.3 is 19.5 Å². The van der Waals surface area contributed by atoms with Crippen LogP contribution >= 0.6 is 0 Å². The molecule has 2 rings (SSSR count). The van der Waals surface area contributed by atoms with Gasteiger partial charge in [-0.05, 0) is 45.9 Å². The van der Waals surface area contributed by atoms with E-state index in [0.29, 0.717) is 0 Å². The third-order valence-electron chi connectivity index (χ3n) is 3.86. The molecule has 1 aromatic rings. The van der Waals surface area contributed by atoms with Gasteiger partial charge in [0.15, 0.2) is 0 Å². The maximum Gasteiger partial charge on any atom is 0.716 e. The lowest BCUT2D eigenvalue weighted by atomic mass is 9.90. The van der Waals surface area contributed by atoms with Crippen LogP contribution in [0.3, 0.4) is 0 Å². The van der Waals surface area contributed by atoms with Crippen molar-refractivity contribution in [3.8, 4) is 0 Å². The molecular weight excluding hydrogens is 300 g/mol. The SMILES string of the molecule is CC1(C)OB(OC(=O)c2cccc(C(F)(F)F)c2)OC1(C)C. The Kier molecular flexibility index (Phi) is 4.04. The smallest absolute Gasteiger partial charge is 0.481 e. The minimum absolute atomic E-state index is 0.218. The molecule has 1 fully saturated rings. The van der Waals surface area contributed by atoms with Crippen molar-refractivity contribution in [2.45, 2.75) is 45.1 Å². The van der Waals surface area contributed by atoms with Crippen LogP contribution in [-0.2, 0) is 20.1 Å². The standard InChI is InChI=1S/C14H16BF3O4/c1-12(2)13(3,4)22-15(21-12)20-11(19)9-6-5-7-10(8-9)14(16,17)18/h5-8H,1-4H3. The molecule has 120 valence electrons. The van der Waals surface area contributed by atoms with Gasteiger partial charge in [0.1, 0.15) is 0 Å². The van der Waals surface area contributed by atoms with Crippen LogP contribution in [0.15, 0.2) is 24.3 Å². The van der Waals surface area contributed by atoms with Gasteiger partial charge in [-0.25, -0.2) is 4.79 Å². The number of benzene rings is 1. The third kappa shape index (κ3) is 3.28. The number of halogens is 3. The summed E-state index contributed by atoms with van der Waals surface area (Å²) in [5.41, 5.74) is -2.54. The van der Waals surface area contributed by atoms with Gasteiger partial charge in [-0.2, -0.15) is 13.2 Å². The Bertz CT molecular complexity index is 568. The molecule has 0 radical (unpaired) electrons. The number of carbonyl (C=O) groups excluding carboxylic acids is 1. The van der Waals surface area contributed by atoms with Crippen molar-refractivity contribution in [1.82, 2.24) is 0 Å². The molecule has 1 aliphatic rings. The summed E-state index contributed by atoms with van der Waals surface area (Å²) in [7, 11) is -1.26. The molecule has 0 bridgehead atoms. The van der Waals surface area contributed by atoms with Gasteiger partial charge in [0.2, 0.25) is 0 Å². The summed E-state index contributed by atoms with van der Waals surface area (Å²) in [6.07, 6.45) is -4.53. The van der Waals surface area contributed by atoms with Crippen molar-refractivity contribution >= 4 is 13.3 Å². The van der Waals surface area contributed by atoms with E-state index in [-0.39, 0.29) is 5.56 Å². The zero-order valence-electron chi connectivity index (χ0n) is 12.7. The maximum absolute atomic E-state index is 12.6. The number of hydrogen-bond donors (Lipinski definition) is 0. The van der Waals surface area contributed by atoms with Crippen LogP contribution in [0.25, 0.3) is 0 Å². The molecule has 0 atom stereocenters. The molecule has 22 heavy (non-hydrogen) atoms. The van der Waals surface area contributed by atoms with E-state index >= 15 is 0 Å². The first-order valence-electron chi connectivity index (χ1n) is 6.66. The fourth-order valence-corrected chi connectivity index (χ4v) is 1.82. The van der Waals surface area contributed by atoms with Gasteiger partial charge in [-0.15, -0.1) is 0 Å². The van der Waals surface area contributed by atoms with Gasteiger partial charge in [-0.3, -0.25) is 0 Å². The van der Waals surface area contributed by atoms with Crippen LogP contribution in [0.4, 0.5) is 13.2 Å². The molecule has 4 nitrogen and oxygen atoms in total. The summed E-state index contributed by atoms with van der Waals surface area (Å²) in [5.74, 6) is -0.940. The normalized spacial score (nSPS) is 20.0. The van der Waals surface area contributed by atoms with E-state index in [0.717, 1.165) is 18.2 Å². The lowest BCUT2D eigenvalue weighted by molar-refractivity contribution is -0.137. The van der Waals surface area contributed by atoms with Gasteiger partial charge in [-0.1, -0.05) is 6.07 Å². The number of alkyl halides is 3. The lowest BCUT2D eigenvalue weighted by Crippen LogP contribution is -2.41. The Morgan fingerprint density at radius 3 is 2.18 bits per heavy atom. The predicted octanol–water partition coefficient (Wildman–Crippen LogP) is 3.45. The Morgan fingerprint density at radius 1 is 1.14 bits per heavy atom. The van der Waals surface area contributed by atoms with Crippen LogP contribution < -0.4 is 0 Å². The number of carbonyl (C=O) groups is 1. The Labute approximate surface area is 126 Å². The second-order valence-corrected chi connectivity index (χ2v) is 6.03. The molecule has 1 saturated heterocycles. The minimum Gasteiger partial charge on any atom is -0.481 e. The van der Waals surface area contributed by atoms with Gasteiger partial charge < -0.3 is 14.0 Å². The first kappa shape index (κ1) is 16.8. The van der Waals surface area contributed by atoms with E-state index in [1.165, 1.54) is 6.07 Å². The van der Waals surface area contributed by atoms with E-state index in [1.54, 1.807) is 27.7 Å². The molecule has 0 spiro atoms. The minimum atomic E-state index is -4.53. The predicted molar refractivity (Wildman–Crippen MR) is 72.9 cm³/mol. The van der Waals surface area contributed by atoms with E-state index in [9.17, 15) is 18.0 Å². The second kappa shape index (κ2) is 5.28. The quantitative estimate of drug-likeness (QED) is 0.784. The van der Waals surface area contributed by atoms with Crippen LogP contribution in [-0.4, -0.2) is 24.5 Å². The van der Waals surface area contributed by atoms with Crippen molar-refractivity contribution < 1.29 is 31.9 Å². The second-order valence-electron chi connectivity index (χ2n) is 6.03. The zero-order chi connectivity index (χ0) is 16.8. The van der Waals surface area contributed by atoms with Gasteiger partial charge in [0.05, 0.1) is 22.3 Å². The van der Waals surface area contributed by atoms with Crippen LogP contribution in [0.2, 0.25) is 0 Å². The molecule has 1 aliphatic heterocycles. The molecule has 0 amide bonds. The Morgan fingerprint density at radius 2 is 1.68 bits per heavy atom. The fourth-order valence-electron chi connectivity index (χ4n) is 1.82. The Hall–Kier alpha value is -1.54. The van der Waals surface area contributed by atoms with E-state index in [1.807, 2.05) is 0 Å². The molecule has 8 heteroatoms. The first-order valence-corrected chi connectivity index (χ1v) is 6.66. The summed E-state index contributed by atoms with van der Waals surface area (Å²) in [6, 6.07) is 3.99. The highest BCUT2D eigenvalue weighted by atomic mass is 19.4. The van der Waals surface area contributed by atoms with E-state index in [2.05, 4.69) is 0 Å². The summed E-state index contributed by atoms with van der Waals surface area (Å²) >= 11 is 0. The van der Waals surface area contributed by atoms with Crippen molar-refractivity contribution in [2.24, 2.45) is 0 Å². The summed E-state index contributed by atoms with van der Waals surface area (Å²) < 4.78 is 53.8. The summed E-state index contributed by atoms with van der Waals surface area (Å²) in [6.45, 7) is 7.08. The topological polar surface area (TPSA) is 44.8 Å². The molecule has 0 saturated carbocycles. The molecular formula is C14H16BF3O4.